The maximum Gasteiger partial charge on any atom is 0.332 e. The fourth-order valence-corrected chi connectivity index (χ4v) is 2.10. The average molecular weight is 283 g/mol. The summed E-state index contributed by atoms with van der Waals surface area (Å²) in [5.41, 5.74) is -0.425. The molecule has 0 saturated heterocycles. The van der Waals surface area contributed by atoms with Crippen LogP contribution in [0.5, 0.6) is 0 Å². The molecule has 0 aromatic carbocycles. The molecule has 0 bridgehead atoms. The second-order valence-electron chi connectivity index (χ2n) is 4.69. The van der Waals surface area contributed by atoms with Crippen LogP contribution < -0.4 is 11.2 Å². The standard InChI is InChI=1S/C13H20N4O3/c1-9(18)6-4-5-7-17-12(19)10-11(14-8-15(10)2)16(3)13(17)20/h8-9,18H,4-7H2,1-3H3/t9-/m0/s1/i6D2,9D. The first kappa shape index (κ1) is 10.8. The van der Waals surface area contributed by atoms with Gasteiger partial charge in [0.25, 0.3) is 5.56 Å². The van der Waals surface area contributed by atoms with E-state index in [0.717, 1.165) is 11.5 Å². The van der Waals surface area contributed by atoms with Crippen molar-refractivity contribution in [2.45, 2.75) is 38.8 Å². The Balaban J connectivity index is 2.33. The molecule has 2 heterocycles. The maximum atomic E-state index is 12.4. The lowest BCUT2D eigenvalue weighted by Crippen LogP contribution is -2.39. The Morgan fingerprint density at radius 3 is 2.80 bits per heavy atom. The first-order chi connectivity index (χ1) is 10.5. The van der Waals surface area contributed by atoms with Gasteiger partial charge in [-0.2, -0.15) is 0 Å². The lowest BCUT2D eigenvalue weighted by molar-refractivity contribution is 0.180. The van der Waals surface area contributed by atoms with Gasteiger partial charge in [-0.15, -0.1) is 0 Å². The van der Waals surface area contributed by atoms with Crippen molar-refractivity contribution in [2.75, 3.05) is 0 Å². The number of aromatic nitrogens is 4. The topological polar surface area (TPSA) is 82.0 Å². The van der Waals surface area contributed by atoms with Crippen molar-refractivity contribution in [1.29, 1.82) is 0 Å². The molecule has 0 aliphatic carbocycles. The van der Waals surface area contributed by atoms with Crippen LogP contribution in [0.3, 0.4) is 0 Å². The number of hydrogen-bond acceptors (Lipinski definition) is 4. The van der Waals surface area contributed by atoms with Crippen molar-refractivity contribution in [1.82, 2.24) is 18.7 Å². The highest BCUT2D eigenvalue weighted by atomic mass is 16.3. The van der Waals surface area contributed by atoms with Crippen LogP contribution in [0.15, 0.2) is 15.9 Å². The molecule has 0 radical (unpaired) electrons. The van der Waals surface area contributed by atoms with Gasteiger partial charge in [-0.3, -0.25) is 13.9 Å². The van der Waals surface area contributed by atoms with Crippen molar-refractivity contribution in [2.24, 2.45) is 14.1 Å². The summed E-state index contributed by atoms with van der Waals surface area (Å²) in [6.07, 6.45) is -2.94. The molecule has 1 atom stereocenters. The third kappa shape index (κ3) is 2.53. The van der Waals surface area contributed by atoms with E-state index in [0.29, 0.717) is 11.2 Å². The zero-order valence-corrected chi connectivity index (χ0v) is 11.8. The third-order valence-corrected chi connectivity index (χ3v) is 3.14. The van der Waals surface area contributed by atoms with Gasteiger partial charge in [0.05, 0.1) is 13.8 Å². The van der Waals surface area contributed by atoms with Crippen molar-refractivity contribution in [3.05, 3.63) is 27.2 Å². The molecular weight excluding hydrogens is 260 g/mol. The number of aryl methyl sites for hydroxylation is 2. The van der Waals surface area contributed by atoms with E-state index in [2.05, 4.69) is 4.98 Å². The Hall–Kier alpha value is -1.89. The van der Waals surface area contributed by atoms with Crippen LogP contribution in [0.2, 0.25) is 0 Å². The first-order valence-corrected chi connectivity index (χ1v) is 6.30. The molecule has 20 heavy (non-hydrogen) atoms. The molecule has 0 fully saturated rings. The molecule has 0 saturated carbocycles. The number of rotatable bonds is 5. The van der Waals surface area contributed by atoms with Gasteiger partial charge in [-0.1, -0.05) is 0 Å². The Morgan fingerprint density at radius 2 is 2.15 bits per heavy atom. The number of imidazole rings is 1. The molecule has 0 aliphatic heterocycles. The lowest BCUT2D eigenvalue weighted by Gasteiger charge is -2.09. The first-order valence-electron chi connectivity index (χ1n) is 7.80. The second kappa shape index (κ2) is 5.62. The van der Waals surface area contributed by atoms with Crippen LogP contribution in [-0.4, -0.2) is 29.9 Å². The summed E-state index contributed by atoms with van der Waals surface area (Å²) in [4.78, 5) is 28.7. The van der Waals surface area contributed by atoms with Crippen LogP contribution in [0, 0.1) is 0 Å². The van der Waals surface area contributed by atoms with Crippen molar-refractivity contribution in [3.8, 4) is 0 Å². The van der Waals surface area contributed by atoms with Gasteiger partial charge < -0.3 is 9.67 Å². The summed E-state index contributed by atoms with van der Waals surface area (Å²) >= 11 is 0. The largest absolute Gasteiger partial charge is 0.393 e. The molecule has 0 amide bonds. The molecule has 7 heteroatoms. The van der Waals surface area contributed by atoms with Gasteiger partial charge in [0, 0.05) is 23.4 Å². The Kier molecular flexibility index (Phi) is 3.05. The number of fused-ring (bicyclic) bond motifs is 1. The maximum absolute atomic E-state index is 12.4. The summed E-state index contributed by atoms with van der Waals surface area (Å²) in [5, 5.41) is 9.49. The predicted molar refractivity (Wildman–Crippen MR) is 75.7 cm³/mol. The minimum Gasteiger partial charge on any atom is -0.393 e. The van der Waals surface area contributed by atoms with E-state index < -0.39 is 23.7 Å². The zero-order valence-electron chi connectivity index (χ0n) is 14.8. The fraction of sp³-hybridized carbons (Fsp3) is 0.615. The van der Waals surface area contributed by atoms with E-state index in [-0.39, 0.29) is 19.4 Å². The molecule has 0 aliphatic rings. The molecule has 1 N–H and O–H groups in total. The van der Waals surface area contributed by atoms with Crippen LogP contribution in [-0.2, 0) is 20.6 Å². The van der Waals surface area contributed by atoms with Crippen LogP contribution in [0.25, 0.3) is 11.2 Å². The lowest BCUT2D eigenvalue weighted by atomic mass is 10.2. The normalized spacial score (nSPS) is 17.5. The number of nitrogens with zero attached hydrogens (tertiary/aromatic N) is 4. The predicted octanol–water partition coefficient (Wildman–Crippen LogP) is -0.0152. The Morgan fingerprint density at radius 1 is 1.45 bits per heavy atom. The van der Waals surface area contributed by atoms with E-state index in [1.807, 2.05) is 0 Å². The van der Waals surface area contributed by atoms with E-state index >= 15 is 0 Å². The number of aliphatic hydroxyl groups is 1. The minimum atomic E-state index is -2.24. The summed E-state index contributed by atoms with van der Waals surface area (Å²) in [6.45, 7) is 1.07. The summed E-state index contributed by atoms with van der Waals surface area (Å²) in [5.74, 6) is 0. The Labute approximate surface area is 120 Å². The van der Waals surface area contributed by atoms with Crippen LogP contribution in [0.1, 0.15) is 30.3 Å². The molecular formula is C13H20N4O3. The summed E-state index contributed by atoms with van der Waals surface area (Å²) in [7, 11) is 3.17. The molecule has 2 aromatic heterocycles. The van der Waals surface area contributed by atoms with Crippen molar-refractivity contribution >= 4 is 11.2 Å². The third-order valence-electron chi connectivity index (χ3n) is 3.14. The van der Waals surface area contributed by atoms with Gasteiger partial charge in [0.1, 0.15) is 0 Å². The van der Waals surface area contributed by atoms with Crippen molar-refractivity contribution < 1.29 is 9.22 Å². The molecule has 7 nitrogen and oxygen atoms in total. The minimum absolute atomic E-state index is 0.00220. The van der Waals surface area contributed by atoms with E-state index in [9.17, 15) is 14.7 Å². The summed E-state index contributed by atoms with van der Waals surface area (Å²) in [6, 6.07) is 0. The quantitative estimate of drug-likeness (QED) is 0.836. The van der Waals surface area contributed by atoms with Gasteiger partial charge in [0.2, 0.25) is 0 Å². The van der Waals surface area contributed by atoms with Crippen LogP contribution >= 0.6 is 0 Å². The molecule has 0 spiro atoms. The highest BCUT2D eigenvalue weighted by molar-refractivity contribution is 5.69. The van der Waals surface area contributed by atoms with Gasteiger partial charge in [-0.05, 0) is 26.1 Å². The fourth-order valence-electron chi connectivity index (χ4n) is 2.10. The smallest absolute Gasteiger partial charge is 0.332 e. The van der Waals surface area contributed by atoms with Gasteiger partial charge in [-0.25, -0.2) is 9.78 Å². The number of hydrogen-bond donors (Lipinski definition) is 1. The highest BCUT2D eigenvalue weighted by Gasteiger charge is 2.14. The Bertz CT molecular complexity index is 845. The molecule has 110 valence electrons. The molecule has 0 unspecified atom stereocenters. The highest BCUT2D eigenvalue weighted by Crippen LogP contribution is 2.04. The van der Waals surface area contributed by atoms with Gasteiger partial charge >= 0.3 is 5.69 Å². The van der Waals surface area contributed by atoms with E-state index in [1.54, 1.807) is 7.05 Å². The SMILES string of the molecule is [2H]C([2H])(CCCn1c(=O)c2c(ncn2C)n(C)c1=O)[C@]([2H])(C)O. The molecule has 2 aromatic rings. The van der Waals surface area contributed by atoms with Gasteiger partial charge in [0.15, 0.2) is 11.2 Å². The average Bonchev–Trinajstić information content (AvgIpc) is 2.81. The molecule has 2 rings (SSSR count). The van der Waals surface area contributed by atoms with Crippen LogP contribution in [0.4, 0.5) is 0 Å². The monoisotopic (exact) mass is 283 g/mol. The van der Waals surface area contributed by atoms with Crippen molar-refractivity contribution in [3.63, 3.8) is 0 Å². The zero-order chi connectivity index (χ0) is 17.6. The summed E-state index contributed by atoms with van der Waals surface area (Å²) < 4.78 is 26.6. The second-order valence-corrected chi connectivity index (χ2v) is 4.69. The van der Waals surface area contributed by atoms with E-state index in [1.165, 1.54) is 22.5 Å². The van der Waals surface area contributed by atoms with E-state index in [4.69, 9.17) is 4.11 Å².